The number of piperazine rings is 1. The molecule has 1 aromatic carbocycles. The number of hydrogen-bond acceptors (Lipinski definition) is 4. The topological polar surface area (TPSA) is 52.4 Å². The monoisotopic (exact) mass is 343 g/mol. The summed E-state index contributed by atoms with van der Waals surface area (Å²) in [6.07, 6.45) is 0. The van der Waals surface area contributed by atoms with Crippen molar-refractivity contribution >= 4 is 23.2 Å². The molecular weight excluding hydrogens is 320 g/mol. The number of carbonyl (C=O) groups excluding carboxylic acids is 1. The van der Waals surface area contributed by atoms with Crippen molar-refractivity contribution in [2.24, 2.45) is 0 Å². The Bertz CT molecular complexity index is 532. The number of methoxy groups -OCH3 is 3. The number of nitrogens with zero attached hydrogens (tertiary/aromatic N) is 1. The minimum absolute atomic E-state index is 0.00407. The normalized spacial score (nSPS) is 16.8. The minimum atomic E-state index is -0.474. The number of quaternary nitrogens is 1. The van der Waals surface area contributed by atoms with E-state index >= 15 is 0 Å². The summed E-state index contributed by atoms with van der Waals surface area (Å²) < 4.78 is 16.2. The Balaban J connectivity index is 2.16. The van der Waals surface area contributed by atoms with E-state index in [2.05, 4.69) is 0 Å². The summed E-state index contributed by atoms with van der Waals surface area (Å²) in [4.78, 5) is 15.0. The Morgan fingerprint density at radius 3 is 2.04 bits per heavy atom. The van der Waals surface area contributed by atoms with Gasteiger partial charge < -0.3 is 19.1 Å². The molecule has 1 aliphatic heterocycles. The lowest BCUT2D eigenvalue weighted by Crippen LogP contribution is -3.10. The summed E-state index contributed by atoms with van der Waals surface area (Å²) in [6, 6.07) is 3.91. The number of amides is 1. The predicted octanol–water partition coefficient (Wildman–Crippen LogP) is 0.698. The molecule has 1 aliphatic rings. The number of benzene rings is 1. The third-order valence-corrected chi connectivity index (χ3v) is 4.28. The highest BCUT2D eigenvalue weighted by atomic mass is 35.5. The summed E-state index contributed by atoms with van der Waals surface area (Å²) in [5, 5.41) is -0.474. The van der Waals surface area contributed by atoms with E-state index in [1.807, 2.05) is 17.0 Å². The van der Waals surface area contributed by atoms with Gasteiger partial charge >= 0.3 is 0 Å². The highest BCUT2D eigenvalue weighted by Crippen LogP contribution is 2.38. The molecule has 1 N–H and O–H groups in total. The van der Waals surface area contributed by atoms with Crippen LogP contribution in [-0.2, 0) is 4.79 Å². The minimum Gasteiger partial charge on any atom is -0.492 e. The summed E-state index contributed by atoms with van der Waals surface area (Å²) in [5.41, 5.74) is 1.06. The molecule has 23 heavy (non-hydrogen) atoms. The van der Waals surface area contributed by atoms with Crippen molar-refractivity contribution in [2.75, 3.05) is 47.5 Å². The maximum absolute atomic E-state index is 12.0. The SMILES string of the molecule is COc1cc([NH+]2CCN(C(=O)C(C)Cl)CC2)cc(OC)c1OC. The second-order valence-corrected chi connectivity index (χ2v) is 6.11. The Labute approximate surface area is 141 Å². The molecule has 0 aliphatic carbocycles. The largest absolute Gasteiger partial charge is 0.492 e. The average molecular weight is 344 g/mol. The van der Waals surface area contributed by atoms with E-state index < -0.39 is 5.38 Å². The third-order valence-electron chi connectivity index (χ3n) is 4.09. The van der Waals surface area contributed by atoms with Crippen molar-refractivity contribution in [3.8, 4) is 17.2 Å². The van der Waals surface area contributed by atoms with Gasteiger partial charge in [0, 0.05) is 12.1 Å². The Morgan fingerprint density at radius 2 is 1.65 bits per heavy atom. The molecule has 2 rings (SSSR count). The van der Waals surface area contributed by atoms with Crippen molar-refractivity contribution in [1.82, 2.24) is 4.90 Å². The fraction of sp³-hybridized carbons (Fsp3) is 0.562. The number of carbonyl (C=O) groups is 1. The number of ether oxygens (including phenoxy) is 3. The van der Waals surface area contributed by atoms with Crippen LogP contribution in [0.1, 0.15) is 6.92 Å². The van der Waals surface area contributed by atoms with Gasteiger partial charge in [-0.1, -0.05) is 0 Å². The zero-order valence-electron chi connectivity index (χ0n) is 14.0. The zero-order chi connectivity index (χ0) is 17.0. The van der Waals surface area contributed by atoms with Crippen LogP contribution < -0.4 is 19.1 Å². The van der Waals surface area contributed by atoms with E-state index in [-0.39, 0.29) is 5.91 Å². The Morgan fingerprint density at radius 1 is 1.13 bits per heavy atom. The summed E-state index contributed by atoms with van der Waals surface area (Å²) in [5.74, 6) is 1.86. The van der Waals surface area contributed by atoms with Crippen LogP contribution >= 0.6 is 11.6 Å². The summed E-state index contributed by atoms with van der Waals surface area (Å²) in [6.45, 7) is 4.70. The molecule has 1 atom stereocenters. The number of alkyl halides is 1. The molecule has 0 bridgehead atoms. The van der Waals surface area contributed by atoms with Gasteiger partial charge in [-0.3, -0.25) is 9.69 Å². The lowest BCUT2D eigenvalue weighted by molar-refractivity contribution is -0.837. The van der Waals surface area contributed by atoms with Crippen LogP contribution in [0, 0.1) is 0 Å². The molecule has 1 heterocycles. The van der Waals surface area contributed by atoms with Gasteiger partial charge in [0.1, 0.15) is 11.1 Å². The molecule has 128 valence electrons. The van der Waals surface area contributed by atoms with Crippen molar-refractivity contribution in [1.29, 1.82) is 0 Å². The highest BCUT2D eigenvalue weighted by Gasteiger charge is 2.28. The smallest absolute Gasteiger partial charge is 0.240 e. The summed E-state index contributed by atoms with van der Waals surface area (Å²) in [7, 11) is 4.80. The number of halogens is 1. The van der Waals surface area contributed by atoms with E-state index in [4.69, 9.17) is 25.8 Å². The molecule has 1 fully saturated rings. The van der Waals surface area contributed by atoms with E-state index in [0.29, 0.717) is 30.3 Å². The van der Waals surface area contributed by atoms with Gasteiger partial charge in [0.05, 0.1) is 47.5 Å². The molecular formula is C16H24ClN2O4+. The van der Waals surface area contributed by atoms with E-state index in [9.17, 15) is 4.79 Å². The second kappa shape index (κ2) is 7.75. The number of rotatable bonds is 5. The van der Waals surface area contributed by atoms with Crippen LogP contribution in [0.25, 0.3) is 0 Å². The first-order valence-electron chi connectivity index (χ1n) is 7.59. The van der Waals surface area contributed by atoms with Crippen LogP contribution in [0.15, 0.2) is 12.1 Å². The van der Waals surface area contributed by atoms with E-state index in [1.54, 1.807) is 28.3 Å². The first-order valence-corrected chi connectivity index (χ1v) is 8.03. The molecule has 0 saturated carbocycles. The van der Waals surface area contributed by atoms with Crippen LogP contribution in [0.3, 0.4) is 0 Å². The van der Waals surface area contributed by atoms with Gasteiger partial charge in [-0.05, 0) is 6.92 Å². The van der Waals surface area contributed by atoms with Gasteiger partial charge in [0.25, 0.3) is 0 Å². The first-order chi connectivity index (χ1) is 11.0. The molecule has 0 radical (unpaired) electrons. The van der Waals surface area contributed by atoms with Gasteiger partial charge in [0.15, 0.2) is 11.5 Å². The molecule has 1 saturated heterocycles. The highest BCUT2D eigenvalue weighted by molar-refractivity contribution is 6.30. The van der Waals surface area contributed by atoms with Gasteiger partial charge in [-0.15, -0.1) is 11.6 Å². The van der Waals surface area contributed by atoms with Crippen LogP contribution in [0.5, 0.6) is 17.2 Å². The predicted molar refractivity (Wildman–Crippen MR) is 88.3 cm³/mol. The average Bonchev–Trinajstić information content (AvgIpc) is 2.59. The Kier molecular flexibility index (Phi) is 5.96. The summed E-state index contributed by atoms with van der Waals surface area (Å²) >= 11 is 5.88. The molecule has 1 aromatic rings. The van der Waals surface area contributed by atoms with Crippen molar-refractivity contribution in [2.45, 2.75) is 12.3 Å². The fourth-order valence-electron chi connectivity index (χ4n) is 2.82. The second-order valence-electron chi connectivity index (χ2n) is 5.46. The van der Waals surface area contributed by atoms with Crippen LogP contribution in [0.2, 0.25) is 0 Å². The molecule has 0 aromatic heterocycles. The number of hydrogen-bond donors (Lipinski definition) is 1. The maximum atomic E-state index is 12.0. The van der Waals surface area contributed by atoms with E-state index in [1.165, 1.54) is 4.90 Å². The Hall–Kier alpha value is -1.66. The molecule has 1 amide bonds. The molecule has 7 heteroatoms. The van der Waals surface area contributed by atoms with Gasteiger partial charge in [-0.2, -0.15) is 0 Å². The van der Waals surface area contributed by atoms with Crippen molar-refractivity contribution < 1.29 is 23.9 Å². The van der Waals surface area contributed by atoms with Crippen molar-refractivity contribution in [3.05, 3.63) is 12.1 Å². The lowest BCUT2D eigenvalue weighted by Gasteiger charge is -2.32. The molecule has 6 nitrogen and oxygen atoms in total. The first kappa shape index (κ1) is 17.7. The van der Waals surface area contributed by atoms with Gasteiger partial charge in [-0.25, -0.2) is 0 Å². The zero-order valence-corrected chi connectivity index (χ0v) is 14.8. The lowest BCUT2D eigenvalue weighted by atomic mass is 10.2. The molecule has 1 unspecified atom stereocenters. The standard InChI is InChI=1S/C16H23ClN2O4/c1-11(17)16(20)19-7-5-18(6-8-19)12-9-13(21-2)15(23-4)14(10-12)22-3/h9-11H,5-8H2,1-4H3/p+1. The van der Waals surface area contributed by atoms with Crippen LogP contribution in [-0.4, -0.2) is 63.7 Å². The van der Waals surface area contributed by atoms with E-state index in [0.717, 1.165) is 18.8 Å². The van der Waals surface area contributed by atoms with Crippen LogP contribution in [0.4, 0.5) is 5.69 Å². The third kappa shape index (κ3) is 3.82. The maximum Gasteiger partial charge on any atom is 0.240 e. The van der Waals surface area contributed by atoms with Gasteiger partial charge in [0.2, 0.25) is 11.7 Å². The number of nitrogens with one attached hydrogen (secondary N) is 1. The molecule has 0 spiro atoms. The quantitative estimate of drug-likeness (QED) is 0.800. The van der Waals surface area contributed by atoms with Crippen molar-refractivity contribution in [3.63, 3.8) is 0 Å². The fourth-order valence-corrected chi connectivity index (χ4v) is 2.96.